The summed E-state index contributed by atoms with van der Waals surface area (Å²) in [5.41, 5.74) is 1.13. The average molecular weight is 509 g/mol. The van der Waals surface area contributed by atoms with Crippen molar-refractivity contribution in [2.24, 2.45) is 4.99 Å². The first-order chi connectivity index (χ1) is 13.8. The molecule has 0 aromatic heterocycles. The van der Waals surface area contributed by atoms with Crippen molar-refractivity contribution in [2.45, 2.75) is 38.0 Å². The Labute approximate surface area is 189 Å². The minimum Gasteiger partial charge on any atom is -0.490 e. The molecular weight excluding hydrogens is 481 g/mol. The summed E-state index contributed by atoms with van der Waals surface area (Å²) in [6, 6.07) is 15.9. The highest BCUT2D eigenvalue weighted by atomic mass is 127. The molecule has 29 heavy (non-hydrogen) atoms. The topological polar surface area (TPSA) is 64.1 Å². The third kappa shape index (κ3) is 5.68. The zero-order chi connectivity index (χ0) is 19.2. The van der Waals surface area contributed by atoms with Crippen LogP contribution >= 0.6 is 24.0 Å². The van der Waals surface area contributed by atoms with Crippen LogP contribution in [0, 0.1) is 0 Å². The molecule has 0 bridgehead atoms. The lowest BCUT2D eigenvalue weighted by Crippen LogP contribution is -2.45. The second-order valence-electron chi connectivity index (χ2n) is 7.08. The van der Waals surface area contributed by atoms with Crippen LogP contribution in [0.4, 0.5) is 0 Å². The fourth-order valence-corrected chi connectivity index (χ4v) is 3.21. The summed E-state index contributed by atoms with van der Waals surface area (Å²) in [7, 11) is 1.76. The number of para-hydroxylation sites is 3. The van der Waals surface area contributed by atoms with Crippen molar-refractivity contribution in [3.63, 3.8) is 0 Å². The molecule has 0 saturated heterocycles. The van der Waals surface area contributed by atoms with Crippen molar-refractivity contribution in [1.82, 2.24) is 10.6 Å². The number of aliphatic imine (C=N–C) groups is 1. The number of nitrogens with one attached hydrogen (secondary N) is 2. The molecule has 0 radical (unpaired) electrons. The number of halogens is 1. The first-order valence-corrected chi connectivity index (χ1v) is 9.89. The van der Waals surface area contributed by atoms with Gasteiger partial charge in [-0.05, 0) is 37.5 Å². The molecule has 1 heterocycles. The van der Waals surface area contributed by atoms with Crippen LogP contribution in [0.3, 0.4) is 0 Å². The molecule has 156 valence electrons. The summed E-state index contributed by atoms with van der Waals surface area (Å²) in [6.07, 6.45) is 3.86. The van der Waals surface area contributed by atoms with Gasteiger partial charge in [0.2, 0.25) is 0 Å². The highest BCUT2D eigenvalue weighted by molar-refractivity contribution is 14.0. The Morgan fingerprint density at radius 2 is 1.83 bits per heavy atom. The van der Waals surface area contributed by atoms with Crippen LogP contribution in [0.2, 0.25) is 0 Å². The molecule has 2 aromatic rings. The van der Waals surface area contributed by atoms with Gasteiger partial charge in [-0.3, -0.25) is 4.99 Å². The van der Waals surface area contributed by atoms with E-state index in [-0.39, 0.29) is 30.1 Å². The molecule has 1 atom stereocenters. The van der Waals surface area contributed by atoms with E-state index in [1.54, 1.807) is 7.05 Å². The molecule has 0 spiro atoms. The first-order valence-electron chi connectivity index (χ1n) is 9.89. The summed E-state index contributed by atoms with van der Waals surface area (Å²) < 4.78 is 17.8. The molecule has 0 amide bonds. The summed E-state index contributed by atoms with van der Waals surface area (Å²) in [4.78, 5) is 4.31. The number of ether oxygens (including phenoxy) is 3. The molecule has 1 aliphatic heterocycles. The molecule has 6 nitrogen and oxygen atoms in total. The van der Waals surface area contributed by atoms with Crippen molar-refractivity contribution in [3.8, 4) is 17.2 Å². The van der Waals surface area contributed by atoms with Gasteiger partial charge in [-0.2, -0.15) is 0 Å². The summed E-state index contributed by atoms with van der Waals surface area (Å²) in [5.74, 6) is 3.26. The lowest BCUT2D eigenvalue weighted by molar-refractivity contribution is 0.0936. The van der Waals surface area contributed by atoms with Gasteiger partial charge in [-0.1, -0.05) is 30.3 Å². The van der Waals surface area contributed by atoms with Gasteiger partial charge in [0.05, 0.1) is 12.6 Å². The van der Waals surface area contributed by atoms with E-state index in [9.17, 15) is 0 Å². The number of benzene rings is 2. The fourth-order valence-electron chi connectivity index (χ4n) is 3.21. The van der Waals surface area contributed by atoms with Gasteiger partial charge in [0.15, 0.2) is 17.5 Å². The molecule has 2 N–H and O–H groups in total. The van der Waals surface area contributed by atoms with E-state index in [0.29, 0.717) is 25.8 Å². The van der Waals surface area contributed by atoms with Crippen molar-refractivity contribution in [1.29, 1.82) is 0 Å². The largest absolute Gasteiger partial charge is 0.490 e. The Morgan fingerprint density at radius 1 is 1.07 bits per heavy atom. The maximum absolute atomic E-state index is 6.10. The van der Waals surface area contributed by atoms with Crippen LogP contribution in [0.15, 0.2) is 53.5 Å². The molecule has 4 rings (SSSR count). The number of hydrogen-bond donors (Lipinski definition) is 2. The third-order valence-electron chi connectivity index (χ3n) is 5.05. The standard InChI is InChI=1S/C22H27N3O3.HI/c1-23-22(25-14-18-15-26-20-11-4-5-12-21(20)28-18)24-13-16-7-2-3-10-19(16)27-17-8-6-9-17;/h2-5,7,10-12,17-18H,6,8-9,13-15H2,1H3,(H2,23,24,25);1H. The molecule has 7 heteroatoms. The Kier molecular flexibility index (Phi) is 7.85. The number of nitrogens with zero attached hydrogens (tertiary/aromatic N) is 1. The van der Waals surface area contributed by atoms with Crippen LogP contribution < -0.4 is 24.8 Å². The van der Waals surface area contributed by atoms with Gasteiger partial charge >= 0.3 is 0 Å². The smallest absolute Gasteiger partial charge is 0.191 e. The maximum atomic E-state index is 6.10. The Hall–Kier alpha value is -2.16. The van der Waals surface area contributed by atoms with E-state index in [2.05, 4.69) is 21.7 Å². The van der Waals surface area contributed by atoms with Crippen molar-refractivity contribution in [3.05, 3.63) is 54.1 Å². The third-order valence-corrected chi connectivity index (χ3v) is 5.05. The Morgan fingerprint density at radius 3 is 2.59 bits per heavy atom. The molecule has 1 saturated carbocycles. The van der Waals surface area contributed by atoms with Crippen LogP contribution in [0.5, 0.6) is 17.2 Å². The summed E-state index contributed by atoms with van der Waals surface area (Å²) in [5, 5.41) is 6.67. The molecule has 1 unspecified atom stereocenters. The summed E-state index contributed by atoms with van der Waals surface area (Å²) >= 11 is 0. The number of rotatable bonds is 6. The second kappa shape index (κ2) is 10.6. The first kappa shape index (κ1) is 21.5. The van der Waals surface area contributed by atoms with Gasteiger partial charge < -0.3 is 24.8 Å². The zero-order valence-corrected chi connectivity index (χ0v) is 18.9. The zero-order valence-electron chi connectivity index (χ0n) is 16.6. The molecule has 1 fully saturated rings. The van der Waals surface area contributed by atoms with Crippen LogP contribution in [0.25, 0.3) is 0 Å². The lowest BCUT2D eigenvalue weighted by atomic mass is 9.96. The van der Waals surface area contributed by atoms with Gasteiger partial charge in [-0.15, -0.1) is 24.0 Å². The van der Waals surface area contributed by atoms with Gasteiger partial charge in [0.1, 0.15) is 18.5 Å². The van der Waals surface area contributed by atoms with Gasteiger partial charge in [-0.25, -0.2) is 0 Å². The monoisotopic (exact) mass is 509 g/mol. The number of hydrogen-bond acceptors (Lipinski definition) is 4. The Balaban J connectivity index is 0.00000240. The molecule has 1 aliphatic carbocycles. The van der Waals surface area contributed by atoms with E-state index in [4.69, 9.17) is 14.2 Å². The number of guanidine groups is 1. The Bertz CT molecular complexity index is 826. The predicted octanol–water partition coefficient (Wildman–Crippen LogP) is 3.74. The maximum Gasteiger partial charge on any atom is 0.191 e. The van der Waals surface area contributed by atoms with Crippen molar-refractivity contribution < 1.29 is 14.2 Å². The van der Waals surface area contributed by atoms with Crippen molar-refractivity contribution >= 4 is 29.9 Å². The van der Waals surface area contributed by atoms with Crippen LogP contribution in [0.1, 0.15) is 24.8 Å². The van der Waals surface area contributed by atoms with Gasteiger partial charge in [0.25, 0.3) is 0 Å². The second-order valence-corrected chi connectivity index (χ2v) is 7.08. The lowest BCUT2D eigenvalue weighted by Gasteiger charge is -2.28. The van der Waals surface area contributed by atoms with Gasteiger partial charge in [0, 0.05) is 19.2 Å². The van der Waals surface area contributed by atoms with Crippen molar-refractivity contribution in [2.75, 3.05) is 20.2 Å². The minimum atomic E-state index is -0.0670. The van der Waals surface area contributed by atoms with E-state index in [0.717, 1.165) is 41.6 Å². The van der Waals surface area contributed by atoms with E-state index < -0.39 is 0 Å². The van der Waals surface area contributed by atoms with Crippen LogP contribution in [-0.4, -0.2) is 38.4 Å². The minimum absolute atomic E-state index is 0. The molecular formula is C22H28IN3O3. The number of fused-ring (bicyclic) bond motifs is 1. The predicted molar refractivity (Wildman–Crippen MR) is 125 cm³/mol. The van der Waals surface area contributed by atoms with E-state index in [1.165, 1.54) is 6.42 Å². The average Bonchev–Trinajstić information content (AvgIpc) is 2.71. The SMILES string of the molecule is CN=C(NCc1ccccc1OC1CCC1)NCC1COc2ccccc2O1.I. The van der Waals surface area contributed by atoms with E-state index in [1.807, 2.05) is 42.5 Å². The highest BCUT2D eigenvalue weighted by Gasteiger charge is 2.21. The normalized spacial score (nSPS) is 18.2. The molecule has 2 aliphatic rings. The summed E-state index contributed by atoms with van der Waals surface area (Å²) in [6.45, 7) is 1.76. The highest BCUT2D eigenvalue weighted by Crippen LogP contribution is 2.30. The van der Waals surface area contributed by atoms with E-state index >= 15 is 0 Å². The quantitative estimate of drug-likeness (QED) is 0.353. The van der Waals surface area contributed by atoms with Crippen LogP contribution in [-0.2, 0) is 6.54 Å². The fraction of sp³-hybridized carbons (Fsp3) is 0.409. The molecule has 2 aromatic carbocycles.